The highest BCUT2D eigenvalue weighted by molar-refractivity contribution is 6.25. The van der Waals surface area contributed by atoms with Crippen LogP contribution in [-0.2, 0) is 5.41 Å². The fraction of sp³-hybridized carbons (Fsp3) is 0.0208. The second-order valence-electron chi connectivity index (χ2n) is 13.7. The lowest BCUT2D eigenvalue weighted by molar-refractivity contribution is 0.669. The van der Waals surface area contributed by atoms with Crippen molar-refractivity contribution >= 4 is 43.9 Å². The molecular weight excluding hydrogens is 623 g/mol. The number of fused-ring (bicyclic) bond motifs is 18. The van der Waals surface area contributed by atoms with Crippen molar-refractivity contribution in [3.63, 3.8) is 0 Å². The summed E-state index contributed by atoms with van der Waals surface area (Å²) in [6.07, 6.45) is 1.95. The van der Waals surface area contributed by atoms with Crippen molar-refractivity contribution in [3.05, 3.63) is 186 Å². The fourth-order valence-electron chi connectivity index (χ4n) is 9.36. The van der Waals surface area contributed by atoms with Gasteiger partial charge in [0.25, 0.3) is 0 Å². The number of furan rings is 2. The second kappa shape index (κ2) is 9.71. The van der Waals surface area contributed by atoms with Gasteiger partial charge in [-0.05, 0) is 69.3 Å². The highest BCUT2D eigenvalue weighted by atomic mass is 16.3. The third-order valence-corrected chi connectivity index (χ3v) is 11.3. The van der Waals surface area contributed by atoms with Gasteiger partial charge in [0, 0.05) is 50.0 Å². The van der Waals surface area contributed by atoms with Gasteiger partial charge in [-0.1, -0.05) is 127 Å². The van der Waals surface area contributed by atoms with Gasteiger partial charge < -0.3 is 8.83 Å². The summed E-state index contributed by atoms with van der Waals surface area (Å²) in [5.74, 6) is 0. The quantitative estimate of drug-likeness (QED) is 0.187. The van der Waals surface area contributed by atoms with Gasteiger partial charge in [-0.2, -0.15) is 0 Å². The Morgan fingerprint density at radius 2 is 0.980 bits per heavy atom. The maximum atomic E-state index is 7.09. The molecule has 12 rings (SSSR count). The van der Waals surface area contributed by atoms with Crippen molar-refractivity contribution in [3.8, 4) is 44.5 Å². The van der Waals surface area contributed by atoms with Crippen LogP contribution in [0, 0.1) is 0 Å². The summed E-state index contributed by atoms with van der Waals surface area (Å²) in [4.78, 5) is 5.31. The van der Waals surface area contributed by atoms with Crippen LogP contribution in [0.3, 0.4) is 0 Å². The molecule has 51 heavy (non-hydrogen) atoms. The van der Waals surface area contributed by atoms with Gasteiger partial charge in [-0.3, -0.25) is 4.98 Å². The van der Waals surface area contributed by atoms with Crippen LogP contribution in [0.5, 0.6) is 0 Å². The summed E-state index contributed by atoms with van der Waals surface area (Å²) in [6, 6.07) is 56.3. The Morgan fingerprint density at radius 3 is 1.75 bits per heavy atom. The zero-order valence-electron chi connectivity index (χ0n) is 27.4. The van der Waals surface area contributed by atoms with E-state index in [1.165, 1.54) is 22.3 Å². The zero-order chi connectivity index (χ0) is 33.3. The summed E-state index contributed by atoms with van der Waals surface area (Å²) in [5.41, 5.74) is 16.6. The van der Waals surface area contributed by atoms with Crippen molar-refractivity contribution in [1.29, 1.82) is 0 Å². The SMILES string of the molecule is c1ccc(-c2cc3c(c4c2oc2ccccc24)-c2c(cc(-c4ccccc4)c4c2oc2ccccc24)C32c3ccccc3-c3cccnc32)cc1. The molecule has 236 valence electrons. The average Bonchev–Trinajstić information content (AvgIpc) is 3.93. The van der Waals surface area contributed by atoms with Crippen molar-refractivity contribution < 1.29 is 8.83 Å². The molecule has 0 saturated carbocycles. The van der Waals surface area contributed by atoms with Crippen molar-refractivity contribution in [2.45, 2.75) is 5.41 Å². The van der Waals surface area contributed by atoms with E-state index >= 15 is 0 Å². The van der Waals surface area contributed by atoms with Gasteiger partial charge in [-0.25, -0.2) is 0 Å². The predicted octanol–water partition coefficient (Wildman–Crippen LogP) is 12.6. The summed E-state index contributed by atoms with van der Waals surface area (Å²) in [7, 11) is 0. The van der Waals surface area contributed by atoms with E-state index in [9.17, 15) is 0 Å². The molecule has 0 bridgehead atoms. The number of nitrogens with zero attached hydrogens (tertiary/aromatic N) is 1. The molecule has 3 heteroatoms. The van der Waals surface area contributed by atoms with Gasteiger partial charge >= 0.3 is 0 Å². The highest BCUT2D eigenvalue weighted by Crippen LogP contribution is 2.66. The Balaban J connectivity index is 1.39. The molecule has 10 aromatic rings. The van der Waals surface area contributed by atoms with E-state index in [1.807, 2.05) is 6.20 Å². The average molecular weight is 650 g/mol. The summed E-state index contributed by atoms with van der Waals surface area (Å²) in [6.45, 7) is 0. The maximum Gasteiger partial charge on any atom is 0.144 e. The molecule has 0 amide bonds. The lowest BCUT2D eigenvalue weighted by Gasteiger charge is -2.30. The van der Waals surface area contributed by atoms with Gasteiger partial charge in [0.15, 0.2) is 0 Å². The van der Waals surface area contributed by atoms with Crippen LogP contribution in [0.15, 0.2) is 173 Å². The van der Waals surface area contributed by atoms with Crippen molar-refractivity contribution in [2.24, 2.45) is 0 Å². The van der Waals surface area contributed by atoms with Crippen LogP contribution in [0.2, 0.25) is 0 Å². The van der Waals surface area contributed by atoms with E-state index in [4.69, 9.17) is 13.8 Å². The van der Waals surface area contributed by atoms with Crippen LogP contribution in [0.4, 0.5) is 0 Å². The fourth-order valence-corrected chi connectivity index (χ4v) is 9.36. The predicted molar refractivity (Wildman–Crippen MR) is 206 cm³/mol. The number of hydrogen-bond donors (Lipinski definition) is 0. The van der Waals surface area contributed by atoms with Crippen LogP contribution in [0.25, 0.3) is 88.4 Å². The highest BCUT2D eigenvalue weighted by Gasteiger charge is 2.55. The Labute approximate surface area is 293 Å². The first-order valence-electron chi connectivity index (χ1n) is 17.5. The van der Waals surface area contributed by atoms with Crippen molar-refractivity contribution in [1.82, 2.24) is 4.98 Å². The monoisotopic (exact) mass is 649 g/mol. The minimum Gasteiger partial charge on any atom is -0.455 e. The number of pyridine rings is 1. The molecule has 3 aromatic heterocycles. The first-order chi connectivity index (χ1) is 25.3. The van der Waals surface area contributed by atoms with Gasteiger partial charge in [0.05, 0.1) is 11.1 Å². The Morgan fingerprint density at radius 1 is 0.412 bits per heavy atom. The topological polar surface area (TPSA) is 39.2 Å². The van der Waals surface area contributed by atoms with Crippen LogP contribution in [-0.4, -0.2) is 4.98 Å². The number of hydrogen-bond acceptors (Lipinski definition) is 3. The lowest BCUT2D eigenvalue weighted by Crippen LogP contribution is -2.27. The van der Waals surface area contributed by atoms with E-state index in [-0.39, 0.29) is 0 Å². The minimum absolute atomic E-state index is 0.704. The van der Waals surface area contributed by atoms with E-state index in [0.29, 0.717) is 0 Å². The summed E-state index contributed by atoms with van der Waals surface area (Å²) in [5, 5.41) is 4.43. The Bertz CT molecular complexity index is 3030. The third-order valence-electron chi connectivity index (χ3n) is 11.3. The molecule has 1 spiro atoms. The number of benzene rings is 7. The molecule has 2 aliphatic carbocycles. The molecular formula is C48H27NO2. The van der Waals surface area contributed by atoms with Crippen LogP contribution < -0.4 is 0 Å². The van der Waals surface area contributed by atoms with E-state index in [0.717, 1.165) is 88.5 Å². The molecule has 7 aromatic carbocycles. The maximum absolute atomic E-state index is 7.09. The van der Waals surface area contributed by atoms with E-state index in [1.54, 1.807) is 0 Å². The summed E-state index contributed by atoms with van der Waals surface area (Å²) >= 11 is 0. The number of para-hydroxylation sites is 2. The zero-order valence-corrected chi connectivity index (χ0v) is 27.4. The smallest absolute Gasteiger partial charge is 0.144 e. The number of aromatic nitrogens is 1. The lowest BCUT2D eigenvalue weighted by atomic mass is 9.71. The van der Waals surface area contributed by atoms with Crippen molar-refractivity contribution in [2.75, 3.05) is 0 Å². The van der Waals surface area contributed by atoms with Gasteiger partial charge in [0.1, 0.15) is 22.3 Å². The Hall–Kier alpha value is -6.71. The largest absolute Gasteiger partial charge is 0.455 e. The van der Waals surface area contributed by atoms with Gasteiger partial charge in [-0.15, -0.1) is 0 Å². The molecule has 0 saturated heterocycles. The first-order valence-corrected chi connectivity index (χ1v) is 17.5. The molecule has 0 aliphatic heterocycles. The van der Waals surface area contributed by atoms with Crippen LogP contribution in [0.1, 0.15) is 22.4 Å². The van der Waals surface area contributed by atoms with Crippen LogP contribution >= 0.6 is 0 Å². The molecule has 1 unspecified atom stereocenters. The molecule has 0 radical (unpaired) electrons. The van der Waals surface area contributed by atoms with E-state index < -0.39 is 5.41 Å². The first kappa shape index (κ1) is 27.2. The van der Waals surface area contributed by atoms with Gasteiger partial charge in [0.2, 0.25) is 0 Å². The summed E-state index contributed by atoms with van der Waals surface area (Å²) < 4.78 is 14.0. The van der Waals surface area contributed by atoms with E-state index in [2.05, 4.69) is 158 Å². The molecule has 1 atom stereocenters. The molecule has 2 aliphatic rings. The molecule has 3 heterocycles. The third kappa shape index (κ3) is 3.31. The standard InChI is InChI=1S/C48H27NO2/c1-3-14-28(15-4-1)34-26-38-44(46-41(34)32-19-8-11-23-39(32)51-46)43-37(48(38)36-22-10-7-18-30(36)31-21-13-25-49-47(31)48)27-35(29-16-5-2-6-17-29)45-42(43)33-20-9-12-24-40(33)50-45/h1-27H. The molecule has 0 fully saturated rings. The minimum atomic E-state index is -0.704. The molecule has 3 nitrogen and oxygen atoms in total. The normalized spacial score (nSPS) is 15.5. The Kier molecular flexibility index (Phi) is 5.17. The molecule has 0 N–H and O–H groups in total. The second-order valence-corrected chi connectivity index (χ2v) is 13.7. The number of rotatable bonds is 2.